The van der Waals surface area contributed by atoms with E-state index in [-0.39, 0.29) is 12.0 Å². The first kappa shape index (κ1) is 17.9. The zero-order valence-electron chi connectivity index (χ0n) is 15.0. The Morgan fingerprint density at radius 3 is 2.38 bits per heavy atom. The van der Waals surface area contributed by atoms with E-state index in [1.165, 1.54) is 5.56 Å². The van der Waals surface area contributed by atoms with E-state index in [4.69, 9.17) is 4.74 Å². The largest absolute Gasteiger partial charge is 0.462 e. The molecule has 2 aromatic rings. The van der Waals surface area contributed by atoms with Gasteiger partial charge in [-0.05, 0) is 34.1 Å². The van der Waals surface area contributed by atoms with Crippen molar-refractivity contribution in [2.45, 2.75) is 47.1 Å². The van der Waals surface area contributed by atoms with Crippen molar-refractivity contribution in [3.05, 3.63) is 41.1 Å². The van der Waals surface area contributed by atoms with Crippen molar-refractivity contribution in [1.29, 1.82) is 0 Å². The topological polar surface area (TPSA) is 64.1 Å². The summed E-state index contributed by atoms with van der Waals surface area (Å²) in [6, 6.07) is 8.18. The van der Waals surface area contributed by atoms with E-state index in [2.05, 4.69) is 15.3 Å². The van der Waals surface area contributed by atoms with Crippen LogP contribution in [0.4, 0.5) is 5.82 Å². The van der Waals surface area contributed by atoms with Crippen LogP contribution in [-0.2, 0) is 11.2 Å². The first-order valence-electron chi connectivity index (χ1n) is 8.37. The number of ether oxygens (including phenoxy) is 1. The predicted octanol–water partition coefficient (Wildman–Crippen LogP) is 4.01. The fourth-order valence-corrected chi connectivity index (χ4v) is 2.39. The second-order valence-electron chi connectivity index (χ2n) is 5.96. The van der Waals surface area contributed by atoms with Gasteiger partial charge in [0.25, 0.3) is 0 Å². The zero-order chi connectivity index (χ0) is 17.7. The Morgan fingerprint density at radius 1 is 1.17 bits per heavy atom. The molecule has 0 bridgehead atoms. The van der Waals surface area contributed by atoms with Crippen molar-refractivity contribution in [2.24, 2.45) is 0 Å². The highest BCUT2D eigenvalue weighted by molar-refractivity contribution is 5.96. The molecule has 0 radical (unpaired) electrons. The molecule has 24 heavy (non-hydrogen) atoms. The van der Waals surface area contributed by atoms with E-state index in [1.54, 1.807) is 6.92 Å². The number of nitrogens with one attached hydrogen (secondary N) is 1. The summed E-state index contributed by atoms with van der Waals surface area (Å²) in [6.45, 7) is 10.1. The molecule has 0 aliphatic carbocycles. The number of hydrogen-bond donors (Lipinski definition) is 1. The van der Waals surface area contributed by atoms with Gasteiger partial charge >= 0.3 is 5.97 Å². The number of nitrogens with zero attached hydrogens (tertiary/aromatic N) is 2. The number of carbonyl (C=O) groups is 1. The monoisotopic (exact) mass is 327 g/mol. The Bertz CT molecular complexity index is 709. The summed E-state index contributed by atoms with van der Waals surface area (Å²) in [4.78, 5) is 21.6. The standard InChI is InChI=1S/C19H25N3O2/c1-6-15-16(19(23)24-7-2)18(20-12(3)4)22-17(21-15)14-10-8-13(5)9-11-14/h8-12H,6-7H2,1-5H3,(H,20,21,22). The molecule has 0 amide bonds. The summed E-state index contributed by atoms with van der Waals surface area (Å²) in [6.07, 6.45) is 0.627. The molecule has 128 valence electrons. The molecule has 0 aliphatic heterocycles. The second-order valence-corrected chi connectivity index (χ2v) is 5.96. The maximum atomic E-state index is 12.4. The van der Waals surface area contributed by atoms with Crippen LogP contribution in [0.15, 0.2) is 24.3 Å². The van der Waals surface area contributed by atoms with Gasteiger partial charge in [-0.25, -0.2) is 14.8 Å². The number of hydrogen-bond acceptors (Lipinski definition) is 5. The molecular weight excluding hydrogens is 302 g/mol. The third kappa shape index (κ3) is 4.10. The van der Waals surface area contributed by atoms with E-state index in [9.17, 15) is 4.79 Å². The van der Waals surface area contributed by atoms with Crippen molar-refractivity contribution < 1.29 is 9.53 Å². The summed E-state index contributed by atoms with van der Waals surface area (Å²) in [5, 5.41) is 3.26. The fourth-order valence-electron chi connectivity index (χ4n) is 2.39. The summed E-state index contributed by atoms with van der Waals surface area (Å²) in [7, 11) is 0. The number of carbonyl (C=O) groups excluding carboxylic acids is 1. The lowest BCUT2D eigenvalue weighted by Gasteiger charge is -2.17. The normalized spacial score (nSPS) is 10.8. The van der Waals surface area contributed by atoms with Crippen LogP contribution in [0.2, 0.25) is 0 Å². The van der Waals surface area contributed by atoms with E-state index >= 15 is 0 Å². The molecule has 5 nitrogen and oxygen atoms in total. The molecule has 0 spiro atoms. The quantitative estimate of drug-likeness (QED) is 0.812. The van der Waals surface area contributed by atoms with Gasteiger partial charge in [-0.2, -0.15) is 0 Å². The summed E-state index contributed by atoms with van der Waals surface area (Å²) in [5.74, 6) is 0.766. The maximum absolute atomic E-state index is 12.4. The third-order valence-electron chi connectivity index (χ3n) is 3.53. The van der Waals surface area contributed by atoms with Gasteiger partial charge in [0.05, 0.1) is 12.3 Å². The van der Waals surface area contributed by atoms with Crippen molar-refractivity contribution >= 4 is 11.8 Å². The fraction of sp³-hybridized carbons (Fsp3) is 0.421. The highest BCUT2D eigenvalue weighted by Crippen LogP contribution is 2.25. The Balaban J connectivity index is 2.59. The maximum Gasteiger partial charge on any atom is 0.343 e. The SMILES string of the molecule is CCOC(=O)c1c(CC)nc(-c2ccc(C)cc2)nc1NC(C)C. The number of rotatable bonds is 6. The molecular formula is C19H25N3O2. The van der Waals surface area contributed by atoms with Crippen LogP contribution in [0.25, 0.3) is 11.4 Å². The minimum atomic E-state index is -0.382. The highest BCUT2D eigenvalue weighted by atomic mass is 16.5. The van der Waals surface area contributed by atoms with Crippen LogP contribution >= 0.6 is 0 Å². The van der Waals surface area contributed by atoms with Crippen molar-refractivity contribution in [2.75, 3.05) is 11.9 Å². The summed E-state index contributed by atoms with van der Waals surface area (Å²) < 4.78 is 5.20. The molecule has 1 aromatic carbocycles. The van der Waals surface area contributed by atoms with Gasteiger partial charge in [-0.3, -0.25) is 0 Å². The first-order chi connectivity index (χ1) is 11.5. The number of esters is 1. The molecule has 1 N–H and O–H groups in total. The summed E-state index contributed by atoms with van der Waals surface area (Å²) in [5.41, 5.74) is 3.24. The third-order valence-corrected chi connectivity index (χ3v) is 3.53. The van der Waals surface area contributed by atoms with E-state index < -0.39 is 0 Å². The Hall–Kier alpha value is -2.43. The molecule has 2 rings (SSSR count). The predicted molar refractivity (Wildman–Crippen MR) is 96.3 cm³/mol. The molecule has 1 aromatic heterocycles. The minimum Gasteiger partial charge on any atom is -0.462 e. The molecule has 0 fully saturated rings. The number of anilines is 1. The lowest BCUT2D eigenvalue weighted by molar-refractivity contribution is 0.0525. The van der Waals surface area contributed by atoms with Crippen molar-refractivity contribution in [3.8, 4) is 11.4 Å². The van der Waals surface area contributed by atoms with Crippen LogP contribution in [0.1, 0.15) is 49.3 Å². The molecule has 0 aliphatic rings. The van der Waals surface area contributed by atoms with Crippen LogP contribution in [0, 0.1) is 6.92 Å². The molecule has 0 saturated heterocycles. The van der Waals surface area contributed by atoms with E-state index in [0.29, 0.717) is 35.9 Å². The van der Waals surface area contributed by atoms with Crippen molar-refractivity contribution in [1.82, 2.24) is 9.97 Å². The van der Waals surface area contributed by atoms with Crippen LogP contribution in [0.5, 0.6) is 0 Å². The molecule has 5 heteroatoms. The smallest absolute Gasteiger partial charge is 0.343 e. The first-order valence-corrected chi connectivity index (χ1v) is 8.37. The Morgan fingerprint density at radius 2 is 1.83 bits per heavy atom. The van der Waals surface area contributed by atoms with Gasteiger partial charge in [0.1, 0.15) is 11.4 Å². The molecule has 0 atom stereocenters. The van der Waals surface area contributed by atoms with Gasteiger partial charge in [-0.1, -0.05) is 36.8 Å². The van der Waals surface area contributed by atoms with Gasteiger partial charge < -0.3 is 10.1 Å². The van der Waals surface area contributed by atoms with Gasteiger partial charge in [0, 0.05) is 11.6 Å². The zero-order valence-corrected chi connectivity index (χ0v) is 15.0. The highest BCUT2D eigenvalue weighted by Gasteiger charge is 2.22. The number of benzene rings is 1. The number of aryl methyl sites for hydroxylation is 2. The van der Waals surface area contributed by atoms with E-state index in [1.807, 2.05) is 52.0 Å². The Labute approximate surface area is 143 Å². The average molecular weight is 327 g/mol. The molecule has 1 heterocycles. The Kier molecular flexibility index (Phi) is 5.90. The summed E-state index contributed by atoms with van der Waals surface area (Å²) >= 11 is 0. The van der Waals surface area contributed by atoms with Crippen LogP contribution < -0.4 is 5.32 Å². The minimum absolute atomic E-state index is 0.142. The van der Waals surface area contributed by atoms with Crippen LogP contribution in [0.3, 0.4) is 0 Å². The van der Waals surface area contributed by atoms with Gasteiger partial charge in [0.2, 0.25) is 0 Å². The lowest BCUT2D eigenvalue weighted by atomic mass is 10.1. The van der Waals surface area contributed by atoms with Crippen molar-refractivity contribution in [3.63, 3.8) is 0 Å². The second kappa shape index (κ2) is 7.90. The number of aromatic nitrogens is 2. The molecule has 0 saturated carbocycles. The van der Waals surface area contributed by atoms with Gasteiger partial charge in [0.15, 0.2) is 5.82 Å². The van der Waals surface area contributed by atoms with Gasteiger partial charge in [-0.15, -0.1) is 0 Å². The average Bonchev–Trinajstić information content (AvgIpc) is 2.54. The van der Waals surface area contributed by atoms with Crippen LogP contribution in [-0.4, -0.2) is 28.6 Å². The molecule has 0 unspecified atom stereocenters. The van der Waals surface area contributed by atoms with E-state index in [0.717, 1.165) is 5.56 Å². The lowest BCUT2D eigenvalue weighted by Crippen LogP contribution is -2.19.